The molecule has 3 aromatic rings. The Kier molecular flexibility index (Phi) is 3.08. The van der Waals surface area contributed by atoms with Crippen LogP contribution in [-0.2, 0) is 7.67 Å². The van der Waals surface area contributed by atoms with E-state index in [-0.39, 0.29) is 4.59 Å². The van der Waals surface area contributed by atoms with Crippen molar-refractivity contribution in [2.24, 2.45) is 0 Å². The molecular formula is C15H13NO3Se. The Morgan fingerprint density at radius 3 is 2.35 bits per heavy atom. The third-order valence-corrected chi connectivity index (χ3v) is 6.71. The number of hydrogen-bond donors (Lipinski definition) is 1. The molecule has 0 spiro atoms. The maximum absolute atomic E-state index is 12.6. The summed E-state index contributed by atoms with van der Waals surface area (Å²) in [6.07, 6.45) is 0. The second kappa shape index (κ2) is 4.78. The Balaban J connectivity index is 2.10. The van der Waals surface area contributed by atoms with Gasteiger partial charge in [0.15, 0.2) is 0 Å². The molecular weight excluding hydrogens is 321 g/mol. The van der Waals surface area contributed by atoms with Gasteiger partial charge in [0.25, 0.3) is 0 Å². The molecule has 0 atom stereocenters. The van der Waals surface area contributed by atoms with Gasteiger partial charge in [-0.3, -0.25) is 0 Å². The van der Waals surface area contributed by atoms with Crippen LogP contribution in [0.4, 0.5) is 0 Å². The number of methoxy groups -OCH3 is 1. The van der Waals surface area contributed by atoms with Crippen molar-refractivity contribution in [1.29, 1.82) is 0 Å². The van der Waals surface area contributed by atoms with Gasteiger partial charge in [-0.1, -0.05) is 0 Å². The fourth-order valence-corrected chi connectivity index (χ4v) is 4.75. The zero-order valence-corrected chi connectivity index (χ0v) is 12.5. The van der Waals surface area contributed by atoms with E-state index < -0.39 is 12.7 Å². The molecule has 1 heterocycles. The number of ether oxygens (including phenoxy) is 1. The number of para-hydroxylation sites is 1. The van der Waals surface area contributed by atoms with Gasteiger partial charge < -0.3 is 0 Å². The first kappa shape index (κ1) is 12.9. The number of nitrogens with one attached hydrogen (secondary N) is 1. The molecule has 0 amide bonds. The van der Waals surface area contributed by atoms with Crippen LogP contribution in [0.5, 0.6) is 5.75 Å². The van der Waals surface area contributed by atoms with E-state index in [0.717, 1.165) is 10.9 Å². The zero-order valence-electron chi connectivity index (χ0n) is 10.8. The predicted molar refractivity (Wildman–Crippen MR) is 77.7 cm³/mol. The van der Waals surface area contributed by atoms with Crippen LogP contribution in [0.15, 0.2) is 54.6 Å². The molecule has 0 aliphatic heterocycles. The van der Waals surface area contributed by atoms with E-state index in [1.807, 2.05) is 24.3 Å². The van der Waals surface area contributed by atoms with Crippen LogP contribution in [-0.4, -0.2) is 24.8 Å². The molecule has 1 N–H and O–H groups in total. The summed E-state index contributed by atoms with van der Waals surface area (Å²) >= 11 is -4.39. The third kappa shape index (κ3) is 2.11. The van der Waals surface area contributed by atoms with Gasteiger partial charge in [-0.05, 0) is 0 Å². The minimum absolute atomic E-state index is 0.271. The predicted octanol–water partition coefficient (Wildman–Crippen LogP) is 1.59. The average molecular weight is 334 g/mol. The molecule has 2 aromatic carbocycles. The molecule has 0 saturated heterocycles. The van der Waals surface area contributed by atoms with E-state index in [2.05, 4.69) is 4.98 Å². The van der Waals surface area contributed by atoms with Crippen molar-refractivity contribution in [3.05, 3.63) is 54.6 Å². The van der Waals surface area contributed by atoms with Crippen molar-refractivity contribution in [2.45, 2.75) is 0 Å². The van der Waals surface area contributed by atoms with Gasteiger partial charge >= 0.3 is 118 Å². The molecule has 0 fully saturated rings. The van der Waals surface area contributed by atoms with Crippen LogP contribution in [0.1, 0.15) is 0 Å². The number of rotatable bonds is 3. The monoisotopic (exact) mass is 335 g/mol. The molecule has 0 saturated carbocycles. The molecule has 20 heavy (non-hydrogen) atoms. The molecule has 5 heteroatoms. The first-order valence-corrected chi connectivity index (χ1v) is 9.19. The van der Waals surface area contributed by atoms with Gasteiger partial charge in [0.1, 0.15) is 0 Å². The molecule has 0 radical (unpaired) electrons. The quantitative estimate of drug-likeness (QED) is 0.740. The van der Waals surface area contributed by atoms with Gasteiger partial charge in [0.2, 0.25) is 0 Å². The van der Waals surface area contributed by atoms with Crippen LogP contribution >= 0.6 is 0 Å². The molecule has 0 bridgehead atoms. The molecule has 1 aromatic heterocycles. The maximum atomic E-state index is 12.6. The van der Waals surface area contributed by atoms with E-state index >= 15 is 0 Å². The first-order chi connectivity index (χ1) is 9.61. The van der Waals surface area contributed by atoms with Crippen molar-refractivity contribution in [1.82, 2.24) is 4.98 Å². The third-order valence-electron chi connectivity index (χ3n) is 3.16. The van der Waals surface area contributed by atoms with Crippen molar-refractivity contribution in [3.8, 4) is 5.75 Å². The van der Waals surface area contributed by atoms with Crippen molar-refractivity contribution >= 4 is 32.7 Å². The fourth-order valence-electron chi connectivity index (χ4n) is 2.07. The number of aromatic amines is 1. The van der Waals surface area contributed by atoms with E-state index in [9.17, 15) is 7.67 Å². The topological polar surface area (TPSA) is 59.2 Å². The molecule has 0 unspecified atom stereocenters. The summed E-state index contributed by atoms with van der Waals surface area (Å²) in [7, 11) is 1.55. The Morgan fingerprint density at radius 2 is 1.70 bits per heavy atom. The number of aromatic nitrogens is 1. The van der Waals surface area contributed by atoms with Gasteiger partial charge in [-0.15, -0.1) is 0 Å². The average Bonchev–Trinajstić information content (AvgIpc) is 2.92. The Bertz CT molecular complexity index is 815. The first-order valence-electron chi connectivity index (χ1n) is 6.08. The summed E-state index contributed by atoms with van der Waals surface area (Å²) in [5, 5.41) is 0.893. The second-order valence-electron chi connectivity index (χ2n) is 4.40. The van der Waals surface area contributed by atoms with E-state index in [0.29, 0.717) is 10.2 Å². The molecule has 102 valence electrons. The Morgan fingerprint density at radius 1 is 1.00 bits per heavy atom. The Hall–Kier alpha value is -2.10. The summed E-state index contributed by atoms with van der Waals surface area (Å²) in [5.41, 5.74) is 0.823. The van der Waals surface area contributed by atoms with Crippen LogP contribution in [0.2, 0.25) is 0 Å². The minimum atomic E-state index is -4.39. The SMILES string of the molecule is COc1ccc([Se](=O)(=O)c2cc3ccccc3[nH]2)cc1. The zero-order chi connectivity index (χ0) is 14.2. The molecule has 3 rings (SSSR count). The molecule has 0 aliphatic rings. The van der Waals surface area contributed by atoms with Gasteiger partial charge in [0.05, 0.1) is 0 Å². The van der Waals surface area contributed by atoms with Crippen molar-refractivity contribution in [2.75, 3.05) is 7.11 Å². The van der Waals surface area contributed by atoms with E-state index in [1.54, 1.807) is 37.4 Å². The number of hydrogen-bond acceptors (Lipinski definition) is 3. The van der Waals surface area contributed by atoms with E-state index in [4.69, 9.17) is 4.74 Å². The van der Waals surface area contributed by atoms with Gasteiger partial charge in [-0.25, -0.2) is 0 Å². The summed E-state index contributed by atoms with van der Waals surface area (Å²) in [6.45, 7) is 0. The van der Waals surface area contributed by atoms with Crippen LogP contribution in [0, 0.1) is 0 Å². The molecule has 4 nitrogen and oxygen atoms in total. The molecule has 0 aliphatic carbocycles. The van der Waals surface area contributed by atoms with Crippen molar-refractivity contribution in [3.63, 3.8) is 0 Å². The van der Waals surface area contributed by atoms with E-state index in [1.165, 1.54) is 0 Å². The summed E-state index contributed by atoms with van der Waals surface area (Å²) in [4.78, 5) is 2.98. The number of fused-ring (bicyclic) bond motifs is 1. The van der Waals surface area contributed by atoms with Crippen molar-refractivity contribution < 1.29 is 12.4 Å². The summed E-state index contributed by atoms with van der Waals surface area (Å²) in [6, 6.07) is 15.6. The summed E-state index contributed by atoms with van der Waals surface area (Å²) < 4.78 is 30.8. The normalized spacial score (nSPS) is 11.7. The van der Waals surface area contributed by atoms with Gasteiger partial charge in [0, 0.05) is 0 Å². The van der Waals surface area contributed by atoms with Crippen LogP contribution in [0.3, 0.4) is 0 Å². The van der Waals surface area contributed by atoms with Gasteiger partial charge in [-0.2, -0.15) is 0 Å². The number of benzene rings is 2. The van der Waals surface area contributed by atoms with Crippen LogP contribution in [0.25, 0.3) is 10.9 Å². The Labute approximate surface area is 118 Å². The number of H-pyrrole nitrogens is 1. The standard InChI is InChI=1S/C15H13NO3Se/c1-19-12-6-8-13(9-7-12)20(17,18)15-10-11-4-2-3-5-14(11)16-15/h2-10,16H,1H3. The van der Waals surface area contributed by atoms with Crippen LogP contribution < -0.4 is 13.8 Å². The second-order valence-corrected chi connectivity index (χ2v) is 8.42. The fraction of sp³-hybridized carbons (Fsp3) is 0.0667. The summed E-state index contributed by atoms with van der Waals surface area (Å²) in [5.74, 6) is 0.637.